The second-order valence-electron chi connectivity index (χ2n) is 3.95. The Labute approximate surface area is 82.8 Å². The van der Waals surface area contributed by atoms with Crippen molar-refractivity contribution in [3.63, 3.8) is 0 Å². The molecular formula is C11H14FNO. The summed E-state index contributed by atoms with van der Waals surface area (Å²) in [5.41, 5.74) is 0.865. The van der Waals surface area contributed by atoms with Crippen LogP contribution in [0.4, 0.5) is 4.39 Å². The normalized spacial score (nSPS) is 18.1. The van der Waals surface area contributed by atoms with E-state index in [2.05, 4.69) is 4.98 Å². The van der Waals surface area contributed by atoms with Crippen LogP contribution in [0.3, 0.4) is 0 Å². The third-order valence-electron chi connectivity index (χ3n) is 2.66. The molecule has 1 aromatic heterocycles. The monoisotopic (exact) mass is 195 g/mol. The molecule has 1 aliphatic rings. The van der Waals surface area contributed by atoms with Gasteiger partial charge in [0.25, 0.3) is 0 Å². The summed E-state index contributed by atoms with van der Waals surface area (Å²) in [7, 11) is 0. The van der Waals surface area contributed by atoms with Gasteiger partial charge in [0, 0.05) is 6.20 Å². The summed E-state index contributed by atoms with van der Waals surface area (Å²) >= 11 is 0. The van der Waals surface area contributed by atoms with E-state index in [1.807, 2.05) is 0 Å². The van der Waals surface area contributed by atoms with E-state index in [9.17, 15) is 9.50 Å². The van der Waals surface area contributed by atoms with Crippen molar-refractivity contribution in [2.24, 2.45) is 5.92 Å². The fraction of sp³-hybridized carbons (Fsp3) is 0.545. The minimum absolute atomic E-state index is 0.210. The van der Waals surface area contributed by atoms with Crippen LogP contribution < -0.4 is 0 Å². The first kappa shape index (κ1) is 9.59. The number of aliphatic hydroxyl groups excluding tert-OH is 1. The van der Waals surface area contributed by atoms with Crippen LogP contribution in [-0.4, -0.2) is 16.2 Å². The van der Waals surface area contributed by atoms with E-state index in [0.29, 0.717) is 12.3 Å². The molecular weight excluding hydrogens is 181 g/mol. The summed E-state index contributed by atoms with van der Waals surface area (Å²) in [6.45, 7) is 0. The lowest BCUT2D eigenvalue weighted by molar-refractivity contribution is 0.142. The van der Waals surface area contributed by atoms with E-state index in [0.717, 1.165) is 24.8 Å². The summed E-state index contributed by atoms with van der Waals surface area (Å²) in [6, 6.07) is 1.48. The number of aliphatic hydroxyl groups is 1. The summed E-state index contributed by atoms with van der Waals surface area (Å²) in [6.07, 6.45) is 6.35. The van der Waals surface area contributed by atoms with Gasteiger partial charge >= 0.3 is 0 Å². The molecule has 1 heterocycles. The van der Waals surface area contributed by atoms with Crippen LogP contribution in [-0.2, 0) is 6.42 Å². The highest BCUT2D eigenvalue weighted by Gasteiger charge is 2.29. The molecule has 1 saturated carbocycles. The molecule has 76 valence electrons. The Kier molecular flexibility index (Phi) is 2.77. The molecule has 2 nitrogen and oxygen atoms in total. The van der Waals surface area contributed by atoms with Gasteiger partial charge in [-0.2, -0.15) is 0 Å². The van der Waals surface area contributed by atoms with Crippen molar-refractivity contribution in [1.29, 1.82) is 0 Å². The molecule has 1 fully saturated rings. The highest BCUT2D eigenvalue weighted by molar-refractivity contribution is 5.10. The third kappa shape index (κ3) is 2.51. The molecule has 14 heavy (non-hydrogen) atoms. The fourth-order valence-electron chi connectivity index (χ4n) is 1.62. The van der Waals surface area contributed by atoms with Crippen molar-refractivity contribution < 1.29 is 9.50 Å². The zero-order valence-corrected chi connectivity index (χ0v) is 7.99. The van der Waals surface area contributed by atoms with Crippen molar-refractivity contribution in [3.8, 4) is 0 Å². The fourth-order valence-corrected chi connectivity index (χ4v) is 1.62. The van der Waals surface area contributed by atoms with Gasteiger partial charge in [0.2, 0.25) is 0 Å². The maximum atomic E-state index is 12.7. The molecule has 3 heteroatoms. The van der Waals surface area contributed by atoms with Gasteiger partial charge in [-0.25, -0.2) is 4.39 Å². The van der Waals surface area contributed by atoms with Crippen LogP contribution >= 0.6 is 0 Å². The van der Waals surface area contributed by atoms with Crippen molar-refractivity contribution in [3.05, 3.63) is 29.8 Å². The molecule has 0 amide bonds. The van der Waals surface area contributed by atoms with Crippen LogP contribution in [0.2, 0.25) is 0 Å². The molecule has 0 saturated heterocycles. The van der Waals surface area contributed by atoms with Crippen molar-refractivity contribution in [1.82, 2.24) is 4.98 Å². The van der Waals surface area contributed by atoms with Crippen LogP contribution in [0.5, 0.6) is 0 Å². The topological polar surface area (TPSA) is 33.1 Å². The van der Waals surface area contributed by atoms with Crippen molar-refractivity contribution >= 4 is 0 Å². The lowest BCUT2D eigenvalue weighted by Crippen LogP contribution is -2.10. The largest absolute Gasteiger partial charge is 0.393 e. The first-order chi connectivity index (χ1) is 6.75. The number of aromatic nitrogens is 1. The number of aryl methyl sites for hydroxylation is 1. The number of halogens is 1. The average molecular weight is 195 g/mol. The van der Waals surface area contributed by atoms with Crippen molar-refractivity contribution in [2.45, 2.75) is 31.8 Å². The Morgan fingerprint density at radius 1 is 1.50 bits per heavy atom. The zero-order chi connectivity index (χ0) is 9.97. The van der Waals surface area contributed by atoms with Gasteiger partial charge in [-0.3, -0.25) is 4.98 Å². The van der Waals surface area contributed by atoms with Crippen molar-refractivity contribution in [2.75, 3.05) is 0 Å². The molecule has 1 aliphatic carbocycles. The van der Waals surface area contributed by atoms with E-state index in [1.165, 1.54) is 12.3 Å². The predicted octanol–water partition coefficient (Wildman–Crippen LogP) is 1.92. The van der Waals surface area contributed by atoms with Crippen LogP contribution in [0.25, 0.3) is 0 Å². The molecule has 0 aliphatic heterocycles. The third-order valence-corrected chi connectivity index (χ3v) is 2.66. The molecule has 0 radical (unpaired) electrons. The molecule has 0 spiro atoms. The molecule has 2 rings (SSSR count). The lowest BCUT2D eigenvalue weighted by Gasteiger charge is -2.08. The summed E-state index contributed by atoms with van der Waals surface area (Å²) in [5, 5.41) is 9.61. The SMILES string of the molecule is OC(CCc1cncc(F)c1)C1CC1. The average Bonchev–Trinajstić information content (AvgIpc) is 2.97. The Morgan fingerprint density at radius 3 is 2.93 bits per heavy atom. The highest BCUT2D eigenvalue weighted by Crippen LogP contribution is 2.34. The van der Waals surface area contributed by atoms with E-state index < -0.39 is 0 Å². The molecule has 0 aromatic carbocycles. The van der Waals surface area contributed by atoms with Gasteiger partial charge < -0.3 is 5.11 Å². The molecule has 1 N–H and O–H groups in total. The van der Waals surface area contributed by atoms with E-state index in [4.69, 9.17) is 0 Å². The van der Waals surface area contributed by atoms with Gasteiger partial charge in [0.15, 0.2) is 0 Å². The Morgan fingerprint density at radius 2 is 2.29 bits per heavy atom. The second kappa shape index (κ2) is 4.05. The number of nitrogens with zero attached hydrogens (tertiary/aromatic N) is 1. The minimum atomic E-state index is -0.302. The van der Waals surface area contributed by atoms with E-state index in [-0.39, 0.29) is 11.9 Å². The summed E-state index contributed by atoms with van der Waals surface area (Å²) in [4.78, 5) is 3.77. The van der Waals surface area contributed by atoms with Gasteiger partial charge in [-0.05, 0) is 43.2 Å². The summed E-state index contributed by atoms with van der Waals surface area (Å²) in [5.74, 6) is 0.194. The molecule has 0 bridgehead atoms. The lowest BCUT2D eigenvalue weighted by atomic mass is 10.1. The van der Waals surface area contributed by atoms with Gasteiger partial charge in [0.05, 0.1) is 12.3 Å². The number of hydrogen-bond donors (Lipinski definition) is 1. The number of pyridine rings is 1. The molecule has 1 atom stereocenters. The predicted molar refractivity (Wildman–Crippen MR) is 51.2 cm³/mol. The van der Waals surface area contributed by atoms with Gasteiger partial charge in [-0.15, -0.1) is 0 Å². The number of rotatable bonds is 4. The van der Waals surface area contributed by atoms with E-state index >= 15 is 0 Å². The zero-order valence-electron chi connectivity index (χ0n) is 7.99. The Bertz CT molecular complexity index is 312. The smallest absolute Gasteiger partial charge is 0.141 e. The quantitative estimate of drug-likeness (QED) is 0.796. The maximum Gasteiger partial charge on any atom is 0.141 e. The first-order valence-electron chi connectivity index (χ1n) is 5.03. The van der Waals surface area contributed by atoms with Gasteiger partial charge in [-0.1, -0.05) is 0 Å². The van der Waals surface area contributed by atoms with Crippen LogP contribution in [0.15, 0.2) is 18.5 Å². The Hall–Kier alpha value is -0.960. The first-order valence-corrected chi connectivity index (χ1v) is 5.03. The molecule has 1 aromatic rings. The highest BCUT2D eigenvalue weighted by atomic mass is 19.1. The Balaban J connectivity index is 1.84. The van der Waals surface area contributed by atoms with Gasteiger partial charge in [0.1, 0.15) is 5.82 Å². The summed E-state index contributed by atoms with van der Waals surface area (Å²) < 4.78 is 12.7. The maximum absolute atomic E-state index is 12.7. The van der Waals surface area contributed by atoms with Crippen LogP contribution in [0.1, 0.15) is 24.8 Å². The standard InChI is InChI=1S/C11H14FNO/c12-10-5-8(6-13-7-10)1-4-11(14)9-2-3-9/h5-7,9,11,14H,1-4H2. The van der Waals surface area contributed by atoms with E-state index in [1.54, 1.807) is 6.20 Å². The molecule has 1 unspecified atom stereocenters. The van der Waals surface area contributed by atoms with Crippen LogP contribution in [0, 0.1) is 11.7 Å². The number of hydrogen-bond acceptors (Lipinski definition) is 2. The second-order valence-corrected chi connectivity index (χ2v) is 3.95. The minimum Gasteiger partial charge on any atom is -0.393 e.